The summed E-state index contributed by atoms with van der Waals surface area (Å²) in [5.74, 6) is 0.741. The summed E-state index contributed by atoms with van der Waals surface area (Å²) >= 11 is 0. The van der Waals surface area contributed by atoms with Crippen molar-refractivity contribution >= 4 is 5.95 Å². The highest BCUT2D eigenvalue weighted by Gasteiger charge is 2.42. The van der Waals surface area contributed by atoms with E-state index >= 15 is 0 Å². The molecule has 1 fully saturated rings. The minimum Gasteiger partial charge on any atom is -0.354 e. The molecule has 1 aliphatic rings. The molecule has 1 aromatic heterocycles. The molecule has 0 amide bonds. The van der Waals surface area contributed by atoms with Gasteiger partial charge in [-0.05, 0) is 42.7 Å². The Hall–Kier alpha value is -1.90. The van der Waals surface area contributed by atoms with Crippen molar-refractivity contribution in [1.82, 2.24) is 9.97 Å². The van der Waals surface area contributed by atoms with E-state index in [1.807, 2.05) is 19.3 Å². The van der Waals surface area contributed by atoms with Crippen molar-refractivity contribution in [3.05, 3.63) is 53.9 Å². The number of aromatic nitrogens is 2. The summed E-state index contributed by atoms with van der Waals surface area (Å²) in [5.41, 5.74) is 2.93. The molecule has 0 aliphatic heterocycles. The molecule has 98 valence electrons. The molecule has 0 radical (unpaired) electrons. The van der Waals surface area contributed by atoms with Gasteiger partial charge in [-0.15, -0.1) is 0 Å². The van der Waals surface area contributed by atoms with Crippen molar-refractivity contribution in [3.63, 3.8) is 0 Å². The molecule has 19 heavy (non-hydrogen) atoms. The van der Waals surface area contributed by atoms with Gasteiger partial charge in [0.05, 0.1) is 0 Å². The molecule has 1 saturated carbocycles. The highest BCUT2D eigenvalue weighted by atomic mass is 15.1. The van der Waals surface area contributed by atoms with Gasteiger partial charge in [-0.25, -0.2) is 9.97 Å². The third-order valence-corrected chi connectivity index (χ3v) is 3.78. The lowest BCUT2D eigenvalue weighted by Gasteiger charge is -2.16. The molecule has 3 nitrogen and oxygen atoms in total. The fourth-order valence-electron chi connectivity index (χ4n) is 2.37. The Morgan fingerprint density at radius 3 is 2.42 bits per heavy atom. The SMILES string of the molecule is Cc1cnc(NCC2(Cc3ccccc3)CC2)nc1. The molecule has 3 heteroatoms. The van der Waals surface area contributed by atoms with Gasteiger partial charge in [0.15, 0.2) is 0 Å². The fraction of sp³-hybridized carbons (Fsp3) is 0.375. The Kier molecular flexibility index (Phi) is 3.20. The van der Waals surface area contributed by atoms with E-state index in [-0.39, 0.29) is 0 Å². The van der Waals surface area contributed by atoms with Crippen molar-refractivity contribution in [3.8, 4) is 0 Å². The fourth-order valence-corrected chi connectivity index (χ4v) is 2.37. The highest BCUT2D eigenvalue weighted by Crippen LogP contribution is 2.48. The van der Waals surface area contributed by atoms with Crippen LogP contribution in [0.25, 0.3) is 0 Å². The van der Waals surface area contributed by atoms with E-state index < -0.39 is 0 Å². The van der Waals surface area contributed by atoms with Gasteiger partial charge in [0, 0.05) is 18.9 Å². The smallest absolute Gasteiger partial charge is 0.222 e. The number of aryl methyl sites for hydroxylation is 1. The molecule has 0 saturated heterocycles. The minimum absolute atomic E-state index is 0.412. The lowest BCUT2D eigenvalue weighted by molar-refractivity contribution is 0.536. The van der Waals surface area contributed by atoms with Crippen LogP contribution in [-0.4, -0.2) is 16.5 Å². The van der Waals surface area contributed by atoms with Crippen LogP contribution in [-0.2, 0) is 6.42 Å². The molecule has 1 aromatic carbocycles. The van der Waals surface area contributed by atoms with Crippen LogP contribution in [0, 0.1) is 12.3 Å². The second-order valence-electron chi connectivity index (χ2n) is 5.60. The molecular weight excluding hydrogens is 234 g/mol. The number of rotatable bonds is 5. The van der Waals surface area contributed by atoms with Gasteiger partial charge in [-0.3, -0.25) is 0 Å². The van der Waals surface area contributed by atoms with Crippen LogP contribution in [0.1, 0.15) is 24.0 Å². The Morgan fingerprint density at radius 2 is 1.79 bits per heavy atom. The molecule has 0 spiro atoms. The van der Waals surface area contributed by atoms with E-state index in [4.69, 9.17) is 0 Å². The second-order valence-corrected chi connectivity index (χ2v) is 5.60. The standard InChI is InChI=1S/C16H19N3/c1-13-10-17-15(18-11-13)19-12-16(7-8-16)9-14-5-3-2-4-6-14/h2-6,10-11H,7-9,12H2,1H3,(H,17,18,19). The van der Waals surface area contributed by atoms with Crippen LogP contribution < -0.4 is 5.32 Å². The van der Waals surface area contributed by atoms with Crippen molar-refractivity contribution in [2.75, 3.05) is 11.9 Å². The van der Waals surface area contributed by atoms with E-state index in [9.17, 15) is 0 Å². The van der Waals surface area contributed by atoms with Crippen LogP contribution in [0.3, 0.4) is 0 Å². The number of hydrogen-bond donors (Lipinski definition) is 1. The largest absolute Gasteiger partial charge is 0.354 e. The summed E-state index contributed by atoms with van der Waals surface area (Å²) in [6.07, 6.45) is 7.44. The van der Waals surface area contributed by atoms with Crippen molar-refractivity contribution in [2.24, 2.45) is 5.41 Å². The highest BCUT2D eigenvalue weighted by molar-refractivity contribution is 5.27. The average Bonchev–Trinajstić information content (AvgIpc) is 3.19. The lowest BCUT2D eigenvalue weighted by atomic mass is 9.96. The van der Waals surface area contributed by atoms with Crippen molar-refractivity contribution in [2.45, 2.75) is 26.2 Å². The predicted octanol–water partition coefficient (Wildman–Crippen LogP) is 3.22. The third kappa shape index (κ3) is 3.11. The Morgan fingerprint density at radius 1 is 1.11 bits per heavy atom. The van der Waals surface area contributed by atoms with E-state index in [0.29, 0.717) is 5.41 Å². The summed E-state index contributed by atoms with van der Waals surface area (Å²) in [6, 6.07) is 10.7. The Labute approximate surface area is 114 Å². The Bertz CT molecular complexity index is 530. The summed E-state index contributed by atoms with van der Waals surface area (Å²) in [7, 11) is 0. The monoisotopic (exact) mass is 253 g/mol. The first-order valence-electron chi connectivity index (χ1n) is 6.82. The molecule has 1 N–H and O–H groups in total. The quantitative estimate of drug-likeness (QED) is 0.889. The van der Waals surface area contributed by atoms with Gasteiger partial charge < -0.3 is 5.32 Å². The average molecular weight is 253 g/mol. The van der Waals surface area contributed by atoms with Crippen molar-refractivity contribution in [1.29, 1.82) is 0 Å². The molecule has 0 atom stereocenters. The molecule has 1 heterocycles. The summed E-state index contributed by atoms with van der Waals surface area (Å²) in [4.78, 5) is 8.59. The van der Waals surface area contributed by atoms with Gasteiger partial charge in [0.1, 0.15) is 0 Å². The van der Waals surface area contributed by atoms with E-state index in [2.05, 4.69) is 45.6 Å². The topological polar surface area (TPSA) is 37.8 Å². The van der Waals surface area contributed by atoms with Gasteiger partial charge >= 0.3 is 0 Å². The number of hydrogen-bond acceptors (Lipinski definition) is 3. The summed E-state index contributed by atoms with van der Waals surface area (Å²) in [6.45, 7) is 2.96. The molecule has 3 rings (SSSR count). The van der Waals surface area contributed by atoms with E-state index in [0.717, 1.165) is 24.5 Å². The minimum atomic E-state index is 0.412. The normalized spacial score (nSPS) is 16.1. The number of nitrogens with one attached hydrogen (secondary N) is 1. The van der Waals surface area contributed by atoms with Gasteiger partial charge in [-0.1, -0.05) is 30.3 Å². The van der Waals surface area contributed by atoms with Crippen LogP contribution in [0.4, 0.5) is 5.95 Å². The van der Waals surface area contributed by atoms with Gasteiger partial charge in [0.25, 0.3) is 0 Å². The Balaban J connectivity index is 1.59. The molecule has 0 unspecified atom stereocenters. The summed E-state index contributed by atoms with van der Waals surface area (Å²) in [5, 5.41) is 3.37. The zero-order valence-electron chi connectivity index (χ0n) is 11.3. The maximum atomic E-state index is 4.29. The third-order valence-electron chi connectivity index (χ3n) is 3.78. The first-order valence-corrected chi connectivity index (χ1v) is 6.82. The first-order chi connectivity index (χ1) is 9.26. The first kappa shape index (κ1) is 12.2. The zero-order chi connectivity index (χ0) is 13.1. The number of nitrogens with zero attached hydrogens (tertiary/aromatic N) is 2. The van der Waals surface area contributed by atoms with Crippen LogP contribution in [0.15, 0.2) is 42.7 Å². The zero-order valence-corrected chi connectivity index (χ0v) is 11.3. The second kappa shape index (κ2) is 5.00. The predicted molar refractivity (Wildman–Crippen MR) is 77.1 cm³/mol. The maximum absolute atomic E-state index is 4.29. The molecular formula is C16H19N3. The maximum Gasteiger partial charge on any atom is 0.222 e. The van der Waals surface area contributed by atoms with E-state index in [1.165, 1.54) is 18.4 Å². The molecule has 1 aliphatic carbocycles. The van der Waals surface area contributed by atoms with Gasteiger partial charge in [-0.2, -0.15) is 0 Å². The van der Waals surface area contributed by atoms with Crippen LogP contribution >= 0.6 is 0 Å². The van der Waals surface area contributed by atoms with Gasteiger partial charge in [0.2, 0.25) is 5.95 Å². The van der Waals surface area contributed by atoms with Crippen LogP contribution in [0.5, 0.6) is 0 Å². The molecule has 2 aromatic rings. The summed E-state index contributed by atoms with van der Waals surface area (Å²) < 4.78 is 0. The van der Waals surface area contributed by atoms with Crippen molar-refractivity contribution < 1.29 is 0 Å². The van der Waals surface area contributed by atoms with E-state index in [1.54, 1.807) is 0 Å². The number of benzene rings is 1. The number of anilines is 1. The molecule has 0 bridgehead atoms. The van der Waals surface area contributed by atoms with Crippen LogP contribution in [0.2, 0.25) is 0 Å². The lowest BCUT2D eigenvalue weighted by Crippen LogP contribution is -2.19.